The Kier molecular flexibility index (Phi) is 5.96. The lowest BCUT2D eigenvalue weighted by atomic mass is 10.1. The Morgan fingerprint density at radius 1 is 1.11 bits per heavy atom. The van der Waals surface area contributed by atoms with Crippen molar-refractivity contribution in [1.82, 2.24) is 10.2 Å². The van der Waals surface area contributed by atoms with Gasteiger partial charge in [-0.15, -0.1) is 0 Å². The van der Waals surface area contributed by atoms with E-state index in [1.807, 2.05) is 55.5 Å². The number of amides is 2. The van der Waals surface area contributed by atoms with Gasteiger partial charge < -0.3 is 19.7 Å². The molecule has 0 spiro atoms. The average molecular weight is 368 g/mol. The number of nitrogens with zero attached hydrogens (tertiary/aromatic N) is 1. The highest BCUT2D eigenvalue weighted by Crippen LogP contribution is 2.32. The first kappa shape index (κ1) is 18.8. The zero-order valence-corrected chi connectivity index (χ0v) is 15.6. The van der Waals surface area contributed by atoms with Gasteiger partial charge in [0.1, 0.15) is 0 Å². The lowest BCUT2D eigenvalue weighted by Crippen LogP contribution is -2.34. The third-order valence-corrected chi connectivity index (χ3v) is 4.54. The van der Waals surface area contributed by atoms with E-state index in [0.717, 1.165) is 11.1 Å². The van der Waals surface area contributed by atoms with E-state index in [9.17, 15) is 9.59 Å². The molecule has 0 aliphatic carbocycles. The molecule has 6 nitrogen and oxygen atoms in total. The van der Waals surface area contributed by atoms with Crippen molar-refractivity contribution in [3.63, 3.8) is 0 Å². The first-order chi connectivity index (χ1) is 13.0. The smallest absolute Gasteiger partial charge is 0.231 e. The van der Waals surface area contributed by atoms with Gasteiger partial charge in [0.2, 0.25) is 18.6 Å². The summed E-state index contributed by atoms with van der Waals surface area (Å²) in [6, 6.07) is 15.3. The van der Waals surface area contributed by atoms with Crippen LogP contribution in [0.15, 0.2) is 48.5 Å². The molecule has 0 bridgehead atoms. The van der Waals surface area contributed by atoms with Gasteiger partial charge in [0.15, 0.2) is 11.5 Å². The minimum Gasteiger partial charge on any atom is -0.454 e. The number of ether oxygens (including phenoxy) is 2. The number of hydrogen-bond acceptors (Lipinski definition) is 4. The molecule has 2 amide bonds. The van der Waals surface area contributed by atoms with Crippen molar-refractivity contribution in [3.05, 3.63) is 59.7 Å². The predicted molar refractivity (Wildman–Crippen MR) is 101 cm³/mol. The molecule has 27 heavy (non-hydrogen) atoms. The van der Waals surface area contributed by atoms with E-state index >= 15 is 0 Å². The summed E-state index contributed by atoms with van der Waals surface area (Å²) < 4.78 is 10.7. The maximum Gasteiger partial charge on any atom is 0.231 e. The molecule has 0 saturated heterocycles. The number of rotatable bonds is 7. The van der Waals surface area contributed by atoms with Crippen molar-refractivity contribution < 1.29 is 19.1 Å². The van der Waals surface area contributed by atoms with Crippen molar-refractivity contribution in [2.45, 2.75) is 32.9 Å². The highest BCUT2D eigenvalue weighted by atomic mass is 16.7. The number of fused-ring (bicyclic) bond motifs is 1. The number of hydrogen-bond donors (Lipinski definition) is 1. The second-order valence-corrected chi connectivity index (χ2v) is 6.58. The summed E-state index contributed by atoms with van der Waals surface area (Å²) in [6.07, 6.45) is 0.251. The first-order valence-electron chi connectivity index (χ1n) is 9.01. The fraction of sp³-hybridized carbons (Fsp3) is 0.333. The van der Waals surface area contributed by atoms with Crippen molar-refractivity contribution in [2.75, 3.05) is 13.3 Å². The fourth-order valence-corrected chi connectivity index (χ4v) is 2.98. The summed E-state index contributed by atoms with van der Waals surface area (Å²) in [5.41, 5.74) is 1.99. The second kappa shape index (κ2) is 8.58. The lowest BCUT2D eigenvalue weighted by molar-refractivity contribution is -0.130. The number of carbonyl (C=O) groups is 2. The van der Waals surface area contributed by atoms with E-state index in [-0.39, 0.29) is 31.1 Å². The molecule has 1 aliphatic rings. The largest absolute Gasteiger partial charge is 0.454 e. The molecule has 1 heterocycles. The van der Waals surface area contributed by atoms with E-state index in [2.05, 4.69) is 5.32 Å². The summed E-state index contributed by atoms with van der Waals surface area (Å²) >= 11 is 0. The molecule has 142 valence electrons. The van der Waals surface area contributed by atoms with Gasteiger partial charge in [-0.2, -0.15) is 0 Å². The molecule has 3 rings (SSSR count). The first-order valence-corrected chi connectivity index (χ1v) is 9.01. The molecule has 1 unspecified atom stereocenters. The van der Waals surface area contributed by atoms with Crippen LogP contribution in [-0.2, 0) is 16.1 Å². The molecule has 2 aromatic carbocycles. The Morgan fingerprint density at radius 3 is 2.59 bits per heavy atom. The monoisotopic (exact) mass is 368 g/mol. The van der Waals surface area contributed by atoms with Crippen molar-refractivity contribution in [1.29, 1.82) is 0 Å². The quantitative estimate of drug-likeness (QED) is 0.816. The highest BCUT2D eigenvalue weighted by molar-refractivity contribution is 5.78. The summed E-state index contributed by atoms with van der Waals surface area (Å²) in [7, 11) is 0. The summed E-state index contributed by atoms with van der Waals surface area (Å²) in [5, 5.41) is 2.97. The van der Waals surface area contributed by atoms with Crippen molar-refractivity contribution >= 4 is 11.8 Å². The van der Waals surface area contributed by atoms with E-state index < -0.39 is 0 Å². The Labute approximate surface area is 159 Å². The molecular formula is C21H24N2O4. The molecule has 1 aliphatic heterocycles. The Balaban J connectivity index is 1.53. The summed E-state index contributed by atoms with van der Waals surface area (Å²) in [4.78, 5) is 25.9. The van der Waals surface area contributed by atoms with Gasteiger partial charge in [0, 0.05) is 26.4 Å². The van der Waals surface area contributed by atoms with Gasteiger partial charge in [-0.3, -0.25) is 9.59 Å². The Hall–Kier alpha value is -3.02. The molecule has 0 saturated carbocycles. The second-order valence-electron chi connectivity index (χ2n) is 6.58. The van der Waals surface area contributed by atoms with Crippen LogP contribution in [0.1, 0.15) is 37.4 Å². The predicted octanol–water partition coefficient (Wildman–Crippen LogP) is 3.03. The maximum absolute atomic E-state index is 12.3. The van der Waals surface area contributed by atoms with Crippen LogP contribution in [-0.4, -0.2) is 30.1 Å². The Bertz CT molecular complexity index is 807. The van der Waals surface area contributed by atoms with E-state index in [0.29, 0.717) is 24.6 Å². The lowest BCUT2D eigenvalue weighted by Gasteiger charge is -2.22. The molecule has 6 heteroatoms. The topological polar surface area (TPSA) is 67.9 Å². The molecule has 1 atom stereocenters. The van der Waals surface area contributed by atoms with Crippen LogP contribution >= 0.6 is 0 Å². The third-order valence-electron chi connectivity index (χ3n) is 4.54. The van der Waals surface area contributed by atoms with Crippen LogP contribution in [0.2, 0.25) is 0 Å². The van der Waals surface area contributed by atoms with E-state index in [1.165, 1.54) is 6.92 Å². The number of nitrogens with one attached hydrogen (secondary N) is 1. The standard InChI is InChI=1S/C21H24N2O4/c1-15(18-6-4-3-5-7-18)22-21(25)10-11-23(16(2)24)13-17-8-9-19-20(12-17)27-14-26-19/h3-9,12,15H,10-11,13-14H2,1-2H3,(H,22,25). The van der Waals surface area contributed by atoms with Gasteiger partial charge in [-0.05, 0) is 30.2 Å². The number of carbonyl (C=O) groups excluding carboxylic acids is 2. The van der Waals surface area contributed by atoms with Gasteiger partial charge in [-0.1, -0.05) is 36.4 Å². The minimum atomic E-state index is -0.0803. The van der Waals surface area contributed by atoms with Gasteiger partial charge >= 0.3 is 0 Å². The van der Waals surface area contributed by atoms with Crippen LogP contribution in [0.3, 0.4) is 0 Å². The zero-order chi connectivity index (χ0) is 19.2. The highest BCUT2D eigenvalue weighted by Gasteiger charge is 2.17. The summed E-state index contributed by atoms with van der Waals surface area (Å²) in [5.74, 6) is 1.24. The Morgan fingerprint density at radius 2 is 1.85 bits per heavy atom. The van der Waals surface area contributed by atoms with Gasteiger partial charge in [0.05, 0.1) is 6.04 Å². The molecule has 0 fully saturated rings. The molecule has 1 N–H and O–H groups in total. The third kappa shape index (κ3) is 5.00. The zero-order valence-electron chi connectivity index (χ0n) is 15.6. The van der Waals surface area contributed by atoms with Crippen LogP contribution in [0.5, 0.6) is 11.5 Å². The maximum atomic E-state index is 12.3. The van der Waals surface area contributed by atoms with E-state index in [1.54, 1.807) is 4.90 Å². The molecule has 0 aromatic heterocycles. The number of benzene rings is 2. The molecule has 2 aromatic rings. The fourth-order valence-electron chi connectivity index (χ4n) is 2.98. The minimum absolute atomic E-state index is 0.0710. The molecule has 0 radical (unpaired) electrons. The van der Waals surface area contributed by atoms with Crippen molar-refractivity contribution in [3.8, 4) is 11.5 Å². The van der Waals surface area contributed by atoms with E-state index in [4.69, 9.17) is 9.47 Å². The van der Waals surface area contributed by atoms with Crippen LogP contribution in [0.25, 0.3) is 0 Å². The SMILES string of the molecule is CC(=O)N(CCC(=O)NC(C)c1ccccc1)Cc1ccc2c(c1)OCO2. The van der Waals surface area contributed by atoms with Crippen LogP contribution < -0.4 is 14.8 Å². The van der Waals surface area contributed by atoms with Crippen molar-refractivity contribution in [2.24, 2.45) is 0 Å². The molecular weight excluding hydrogens is 344 g/mol. The van der Waals surface area contributed by atoms with Gasteiger partial charge in [-0.25, -0.2) is 0 Å². The van der Waals surface area contributed by atoms with Crippen LogP contribution in [0, 0.1) is 0 Å². The average Bonchev–Trinajstić information content (AvgIpc) is 3.13. The van der Waals surface area contributed by atoms with Crippen LogP contribution in [0.4, 0.5) is 0 Å². The summed E-state index contributed by atoms with van der Waals surface area (Å²) in [6.45, 7) is 4.46. The van der Waals surface area contributed by atoms with Gasteiger partial charge in [0.25, 0.3) is 0 Å². The normalized spacial score (nSPS) is 13.1.